The monoisotopic (exact) mass is 351 g/mol. The maximum atomic E-state index is 6.14. The van der Waals surface area contributed by atoms with Crippen molar-refractivity contribution >= 4 is 27.5 Å². The first-order valence-electron chi connectivity index (χ1n) is 6.86. The standard InChI is InChI=1S/C17H19BrClN/c1-3-9-20-17(13-5-4-6-14(19)11-13)15-10-12(2)7-8-16(15)18/h4-8,10-11,17,20H,3,9H2,1-2H3. The van der Waals surface area contributed by atoms with Gasteiger partial charge in [0, 0.05) is 9.50 Å². The quantitative estimate of drug-likeness (QED) is 0.749. The predicted molar refractivity (Wildman–Crippen MR) is 90.5 cm³/mol. The normalized spacial score (nSPS) is 12.4. The summed E-state index contributed by atoms with van der Waals surface area (Å²) in [6.07, 6.45) is 1.10. The van der Waals surface area contributed by atoms with Crippen LogP contribution in [0.4, 0.5) is 0 Å². The highest BCUT2D eigenvalue weighted by Crippen LogP contribution is 2.30. The molecule has 0 amide bonds. The van der Waals surface area contributed by atoms with Gasteiger partial charge in [-0.15, -0.1) is 0 Å². The molecule has 0 radical (unpaired) electrons. The van der Waals surface area contributed by atoms with Crippen molar-refractivity contribution in [2.24, 2.45) is 0 Å². The van der Waals surface area contributed by atoms with E-state index in [4.69, 9.17) is 11.6 Å². The molecule has 1 nitrogen and oxygen atoms in total. The van der Waals surface area contributed by atoms with Gasteiger partial charge >= 0.3 is 0 Å². The minimum absolute atomic E-state index is 0.155. The smallest absolute Gasteiger partial charge is 0.0588 e. The molecule has 20 heavy (non-hydrogen) atoms. The van der Waals surface area contributed by atoms with Crippen LogP contribution in [-0.4, -0.2) is 6.54 Å². The van der Waals surface area contributed by atoms with Gasteiger partial charge in [-0.05, 0) is 49.2 Å². The molecule has 0 spiro atoms. The first-order chi connectivity index (χ1) is 9.61. The lowest BCUT2D eigenvalue weighted by molar-refractivity contribution is 0.596. The maximum Gasteiger partial charge on any atom is 0.0588 e. The van der Waals surface area contributed by atoms with Gasteiger partial charge in [-0.3, -0.25) is 0 Å². The van der Waals surface area contributed by atoms with Crippen LogP contribution in [0, 0.1) is 6.92 Å². The van der Waals surface area contributed by atoms with E-state index >= 15 is 0 Å². The Bertz CT molecular complexity index is 583. The minimum atomic E-state index is 0.155. The van der Waals surface area contributed by atoms with Gasteiger partial charge in [-0.1, -0.05) is 64.3 Å². The van der Waals surface area contributed by atoms with Gasteiger partial charge in [0.25, 0.3) is 0 Å². The van der Waals surface area contributed by atoms with E-state index in [1.807, 2.05) is 18.2 Å². The molecule has 1 atom stereocenters. The first kappa shape index (κ1) is 15.6. The number of halogens is 2. The van der Waals surface area contributed by atoms with Crippen LogP contribution in [0.15, 0.2) is 46.9 Å². The Labute approximate surface area is 134 Å². The molecule has 3 heteroatoms. The van der Waals surface area contributed by atoms with E-state index in [0.29, 0.717) is 0 Å². The van der Waals surface area contributed by atoms with E-state index < -0.39 is 0 Å². The summed E-state index contributed by atoms with van der Waals surface area (Å²) in [5.74, 6) is 0. The van der Waals surface area contributed by atoms with Crippen molar-refractivity contribution in [3.63, 3.8) is 0 Å². The van der Waals surface area contributed by atoms with Crippen LogP contribution in [0.25, 0.3) is 0 Å². The molecule has 0 bridgehead atoms. The Balaban J connectivity index is 2.44. The van der Waals surface area contributed by atoms with Gasteiger partial charge in [0.05, 0.1) is 6.04 Å². The number of hydrogen-bond acceptors (Lipinski definition) is 1. The third-order valence-corrected chi connectivity index (χ3v) is 4.20. The summed E-state index contributed by atoms with van der Waals surface area (Å²) in [6, 6.07) is 14.7. The van der Waals surface area contributed by atoms with Crippen LogP contribution in [0.1, 0.15) is 36.1 Å². The summed E-state index contributed by atoms with van der Waals surface area (Å²) >= 11 is 9.81. The van der Waals surface area contributed by atoms with E-state index in [-0.39, 0.29) is 6.04 Å². The molecule has 1 N–H and O–H groups in total. The van der Waals surface area contributed by atoms with Crippen LogP contribution >= 0.6 is 27.5 Å². The van der Waals surface area contributed by atoms with Crippen LogP contribution in [0.5, 0.6) is 0 Å². The van der Waals surface area contributed by atoms with Crippen LogP contribution < -0.4 is 5.32 Å². The van der Waals surface area contributed by atoms with E-state index in [0.717, 1.165) is 22.5 Å². The summed E-state index contributed by atoms with van der Waals surface area (Å²) in [5, 5.41) is 4.38. The SMILES string of the molecule is CCCNC(c1cccc(Cl)c1)c1cc(C)ccc1Br. The van der Waals surface area contributed by atoms with Crippen molar-refractivity contribution < 1.29 is 0 Å². The van der Waals surface area contributed by atoms with Crippen molar-refractivity contribution in [3.05, 3.63) is 68.7 Å². The zero-order valence-electron chi connectivity index (χ0n) is 11.8. The molecule has 2 rings (SSSR count). The van der Waals surface area contributed by atoms with Crippen LogP contribution in [0.2, 0.25) is 5.02 Å². The molecule has 0 saturated heterocycles. The van der Waals surface area contributed by atoms with E-state index in [2.05, 4.69) is 59.4 Å². The summed E-state index contributed by atoms with van der Waals surface area (Å²) in [4.78, 5) is 0. The number of nitrogens with one attached hydrogen (secondary N) is 1. The fraction of sp³-hybridized carbons (Fsp3) is 0.294. The number of rotatable bonds is 5. The average molecular weight is 353 g/mol. The Kier molecular flexibility index (Phi) is 5.64. The van der Waals surface area contributed by atoms with Gasteiger partial charge in [0.1, 0.15) is 0 Å². The Morgan fingerprint density at radius 1 is 1.20 bits per heavy atom. The molecule has 0 saturated carbocycles. The van der Waals surface area contributed by atoms with Gasteiger partial charge in [-0.2, -0.15) is 0 Å². The highest BCUT2D eigenvalue weighted by molar-refractivity contribution is 9.10. The second kappa shape index (κ2) is 7.26. The molecule has 106 valence electrons. The van der Waals surface area contributed by atoms with Crippen molar-refractivity contribution in [1.82, 2.24) is 5.32 Å². The highest BCUT2D eigenvalue weighted by Gasteiger charge is 2.16. The van der Waals surface area contributed by atoms with Gasteiger partial charge in [-0.25, -0.2) is 0 Å². The first-order valence-corrected chi connectivity index (χ1v) is 8.04. The van der Waals surface area contributed by atoms with E-state index in [1.54, 1.807) is 0 Å². The Morgan fingerprint density at radius 2 is 2.00 bits per heavy atom. The maximum absolute atomic E-state index is 6.14. The zero-order valence-corrected chi connectivity index (χ0v) is 14.1. The molecule has 2 aromatic rings. The van der Waals surface area contributed by atoms with Crippen molar-refractivity contribution in [2.45, 2.75) is 26.3 Å². The lowest BCUT2D eigenvalue weighted by atomic mass is 9.97. The molecule has 2 aromatic carbocycles. The van der Waals surface area contributed by atoms with Crippen molar-refractivity contribution in [2.75, 3.05) is 6.54 Å². The Morgan fingerprint density at radius 3 is 2.70 bits per heavy atom. The van der Waals surface area contributed by atoms with Crippen molar-refractivity contribution in [1.29, 1.82) is 0 Å². The van der Waals surface area contributed by atoms with Gasteiger partial charge in [0.15, 0.2) is 0 Å². The number of benzene rings is 2. The summed E-state index contributed by atoms with van der Waals surface area (Å²) < 4.78 is 1.12. The molecular weight excluding hydrogens is 334 g/mol. The summed E-state index contributed by atoms with van der Waals surface area (Å²) in [7, 11) is 0. The highest BCUT2D eigenvalue weighted by atomic mass is 79.9. The van der Waals surface area contributed by atoms with Crippen molar-refractivity contribution in [3.8, 4) is 0 Å². The summed E-state index contributed by atoms with van der Waals surface area (Å²) in [6.45, 7) is 5.26. The van der Waals surface area contributed by atoms with Crippen LogP contribution in [-0.2, 0) is 0 Å². The molecular formula is C17H19BrClN. The lowest BCUT2D eigenvalue weighted by Crippen LogP contribution is -2.23. The lowest BCUT2D eigenvalue weighted by Gasteiger charge is -2.21. The average Bonchev–Trinajstić information content (AvgIpc) is 2.43. The fourth-order valence-corrected chi connectivity index (χ4v) is 2.94. The molecule has 0 aliphatic rings. The molecule has 1 unspecified atom stereocenters. The second-order valence-electron chi connectivity index (χ2n) is 4.97. The third-order valence-electron chi connectivity index (χ3n) is 3.24. The van der Waals surface area contributed by atoms with Gasteiger partial charge in [0.2, 0.25) is 0 Å². The number of aryl methyl sites for hydroxylation is 1. The molecule has 0 aliphatic heterocycles. The minimum Gasteiger partial charge on any atom is -0.306 e. The molecule has 0 aliphatic carbocycles. The molecule has 0 aromatic heterocycles. The second-order valence-corrected chi connectivity index (χ2v) is 6.26. The van der Waals surface area contributed by atoms with Gasteiger partial charge < -0.3 is 5.32 Å². The largest absolute Gasteiger partial charge is 0.306 e. The zero-order chi connectivity index (χ0) is 14.5. The van der Waals surface area contributed by atoms with E-state index in [9.17, 15) is 0 Å². The Hall–Kier alpha value is -0.830. The molecule has 0 fully saturated rings. The van der Waals surface area contributed by atoms with E-state index in [1.165, 1.54) is 16.7 Å². The topological polar surface area (TPSA) is 12.0 Å². The third kappa shape index (κ3) is 3.85. The fourth-order valence-electron chi connectivity index (χ4n) is 2.27. The van der Waals surface area contributed by atoms with Crippen LogP contribution in [0.3, 0.4) is 0 Å². The molecule has 0 heterocycles. The predicted octanol–water partition coefficient (Wildman–Crippen LogP) is 5.50. The number of hydrogen-bond donors (Lipinski definition) is 1. The summed E-state index contributed by atoms with van der Waals surface area (Å²) in [5.41, 5.74) is 3.70.